The largest absolute Gasteiger partial charge is 0.380 e. The first kappa shape index (κ1) is 21.0. The van der Waals surface area contributed by atoms with Gasteiger partial charge in [0.25, 0.3) is 0 Å². The van der Waals surface area contributed by atoms with E-state index in [0.717, 1.165) is 28.8 Å². The van der Waals surface area contributed by atoms with Crippen molar-refractivity contribution in [2.24, 2.45) is 0 Å². The third kappa shape index (κ3) is 4.77. The first-order chi connectivity index (χ1) is 15.1. The Morgan fingerprint density at radius 2 is 0.903 bits per heavy atom. The fourth-order valence-electron chi connectivity index (χ4n) is 3.98. The maximum absolute atomic E-state index is 11.9. The molecular weight excluding hydrogens is 378 g/mol. The Morgan fingerprint density at radius 1 is 0.548 bits per heavy atom. The van der Waals surface area contributed by atoms with E-state index < -0.39 is 5.60 Å². The SMILES string of the molecule is CN(C)CCC(O)(c1ccc(-c2ccccc2)cc1)c1ccc(-c2ccccc2)cc1. The lowest BCUT2D eigenvalue weighted by Gasteiger charge is -2.31. The van der Waals surface area contributed by atoms with Crippen LogP contribution in [0, 0.1) is 0 Å². The Morgan fingerprint density at radius 3 is 1.26 bits per heavy atom. The average Bonchev–Trinajstić information content (AvgIpc) is 2.84. The zero-order valence-corrected chi connectivity index (χ0v) is 18.2. The molecule has 31 heavy (non-hydrogen) atoms. The van der Waals surface area contributed by atoms with Crippen LogP contribution in [0.2, 0.25) is 0 Å². The summed E-state index contributed by atoms with van der Waals surface area (Å²) in [6.45, 7) is 0.789. The number of rotatable bonds is 7. The highest BCUT2D eigenvalue weighted by molar-refractivity contribution is 5.65. The van der Waals surface area contributed by atoms with Crippen molar-refractivity contribution in [1.82, 2.24) is 4.90 Å². The lowest BCUT2D eigenvalue weighted by Crippen LogP contribution is -2.31. The van der Waals surface area contributed by atoms with Gasteiger partial charge in [0.2, 0.25) is 0 Å². The van der Waals surface area contributed by atoms with Crippen molar-refractivity contribution in [3.63, 3.8) is 0 Å². The number of aliphatic hydroxyl groups is 1. The van der Waals surface area contributed by atoms with Gasteiger partial charge in [0.05, 0.1) is 0 Å². The molecule has 0 saturated heterocycles. The van der Waals surface area contributed by atoms with Crippen molar-refractivity contribution < 1.29 is 5.11 Å². The molecule has 0 heterocycles. The quantitative estimate of drug-likeness (QED) is 0.394. The topological polar surface area (TPSA) is 23.5 Å². The van der Waals surface area contributed by atoms with Gasteiger partial charge in [0.15, 0.2) is 0 Å². The van der Waals surface area contributed by atoms with E-state index in [1.807, 2.05) is 50.5 Å². The lowest BCUT2D eigenvalue weighted by atomic mass is 9.82. The van der Waals surface area contributed by atoms with E-state index in [2.05, 4.69) is 77.7 Å². The Kier molecular flexibility index (Phi) is 6.31. The van der Waals surface area contributed by atoms with Crippen molar-refractivity contribution in [3.05, 3.63) is 120 Å². The molecule has 0 spiro atoms. The minimum Gasteiger partial charge on any atom is -0.380 e. The third-order valence-electron chi connectivity index (χ3n) is 5.86. The van der Waals surface area contributed by atoms with Crippen molar-refractivity contribution in [3.8, 4) is 22.3 Å². The molecule has 4 rings (SSSR count). The van der Waals surface area contributed by atoms with Gasteiger partial charge in [0, 0.05) is 6.54 Å². The minimum absolute atomic E-state index is 0.620. The summed E-state index contributed by atoms with van der Waals surface area (Å²) in [5.74, 6) is 0. The summed E-state index contributed by atoms with van der Waals surface area (Å²) in [6, 6.07) is 37.3. The van der Waals surface area contributed by atoms with Crippen molar-refractivity contribution in [1.29, 1.82) is 0 Å². The second-order valence-corrected chi connectivity index (χ2v) is 8.30. The molecule has 0 fully saturated rings. The Hall–Kier alpha value is -3.20. The van der Waals surface area contributed by atoms with E-state index in [9.17, 15) is 5.11 Å². The maximum Gasteiger partial charge on any atom is 0.116 e. The van der Waals surface area contributed by atoms with Gasteiger partial charge in [-0.2, -0.15) is 0 Å². The molecule has 0 aliphatic rings. The van der Waals surface area contributed by atoms with Gasteiger partial charge in [-0.3, -0.25) is 0 Å². The van der Waals surface area contributed by atoms with Gasteiger partial charge in [-0.15, -0.1) is 0 Å². The number of nitrogens with zero attached hydrogens (tertiary/aromatic N) is 1. The molecule has 0 aromatic heterocycles. The summed E-state index contributed by atoms with van der Waals surface area (Å²) < 4.78 is 0. The highest BCUT2D eigenvalue weighted by Gasteiger charge is 2.31. The van der Waals surface area contributed by atoms with Crippen LogP contribution in [0.4, 0.5) is 0 Å². The van der Waals surface area contributed by atoms with E-state index in [0.29, 0.717) is 6.42 Å². The van der Waals surface area contributed by atoms with Crippen LogP contribution in [-0.4, -0.2) is 30.6 Å². The highest BCUT2D eigenvalue weighted by Crippen LogP contribution is 2.35. The second kappa shape index (κ2) is 9.30. The second-order valence-electron chi connectivity index (χ2n) is 8.30. The van der Waals surface area contributed by atoms with Crippen LogP contribution in [-0.2, 0) is 5.60 Å². The third-order valence-corrected chi connectivity index (χ3v) is 5.86. The van der Waals surface area contributed by atoms with E-state index in [4.69, 9.17) is 0 Å². The van der Waals surface area contributed by atoms with Crippen LogP contribution in [0.1, 0.15) is 17.5 Å². The molecule has 4 aromatic carbocycles. The van der Waals surface area contributed by atoms with Crippen LogP contribution in [0.25, 0.3) is 22.3 Å². The molecule has 0 amide bonds. The predicted molar refractivity (Wildman–Crippen MR) is 130 cm³/mol. The van der Waals surface area contributed by atoms with Crippen molar-refractivity contribution >= 4 is 0 Å². The van der Waals surface area contributed by atoms with Gasteiger partial charge in [-0.05, 0) is 53.9 Å². The van der Waals surface area contributed by atoms with Gasteiger partial charge in [-0.25, -0.2) is 0 Å². The fraction of sp³-hybridized carbons (Fsp3) is 0.172. The summed E-state index contributed by atoms with van der Waals surface area (Å²) in [5.41, 5.74) is 5.45. The standard InChI is InChI=1S/C29H29NO/c1-30(2)22-21-29(31,27-17-13-25(14-18-27)23-9-5-3-6-10-23)28-19-15-26(16-20-28)24-11-7-4-8-12-24/h3-20,31H,21-22H2,1-2H3. The first-order valence-electron chi connectivity index (χ1n) is 10.8. The summed E-state index contributed by atoms with van der Waals surface area (Å²) in [7, 11) is 4.08. The monoisotopic (exact) mass is 407 g/mol. The molecule has 0 unspecified atom stereocenters. The fourth-order valence-corrected chi connectivity index (χ4v) is 3.98. The van der Waals surface area contributed by atoms with E-state index >= 15 is 0 Å². The van der Waals surface area contributed by atoms with Gasteiger partial charge >= 0.3 is 0 Å². The smallest absolute Gasteiger partial charge is 0.116 e. The first-order valence-corrected chi connectivity index (χ1v) is 10.8. The van der Waals surface area contributed by atoms with E-state index in [1.165, 1.54) is 11.1 Å². The number of benzene rings is 4. The predicted octanol–water partition coefficient (Wildman–Crippen LogP) is 6.21. The van der Waals surface area contributed by atoms with Crippen molar-refractivity contribution in [2.45, 2.75) is 12.0 Å². The van der Waals surface area contributed by atoms with E-state index in [-0.39, 0.29) is 0 Å². The molecule has 4 aromatic rings. The molecule has 0 saturated carbocycles. The molecule has 0 aliphatic heterocycles. The molecule has 0 bridgehead atoms. The molecule has 156 valence electrons. The summed E-state index contributed by atoms with van der Waals surface area (Å²) in [5, 5.41) is 11.9. The van der Waals surface area contributed by atoms with Crippen LogP contribution in [0.3, 0.4) is 0 Å². The minimum atomic E-state index is -1.05. The van der Waals surface area contributed by atoms with Gasteiger partial charge in [-0.1, -0.05) is 109 Å². The highest BCUT2D eigenvalue weighted by atomic mass is 16.3. The molecule has 2 nitrogen and oxygen atoms in total. The van der Waals surface area contributed by atoms with Gasteiger partial charge in [0.1, 0.15) is 5.60 Å². The van der Waals surface area contributed by atoms with Crippen LogP contribution < -0.4 is 0 Å². The van der Waals surface area contributed by atoms with Crippen LogP contribution >= 0.6 is 0 Å². The van der Waals surface area contributed by atoms with Crippen LogP contribution in [0.5, 0.6) is 0 Å². The van der Waals surface area contributed by atoms with Gasteiger partial charge < -0.3 is 10.0 Å². The molecular formula is C29H29NO. The average molecular weight is 408 g/mol. The Bertz CT molecular complexity index is 1000. The van der Waals surface area contributed by atoms with Crippen molar-refractivity contribution in [2.75, 3.05) is 20.6 Å². The lowest BCUT2D eigenvalue weighted by molar-refractivity contribution is 0.0629. The Labute approximate surface area is 185 Å². The summed E-state index contributed by atoms with van der Waals surface area (Å²) in [4.78, 5) is 2.11. The summed E-state index contributed by atoms with van der Waals surface area (Å²) in [6.07, 6.45) is 0.620. The molecule has 0 aliphatic carbocycles. The maximum atomic E-state index is 11.9. The molecule has 0 atom stereocenters. The Balaban J connectivity index is 1.68. The normalized spacial score (nSPS) is 11.6. The zero-order chi connectivity index (χ0) is 21.7. The summed E-state index contributed by atoms with van der Waals surface area (Å²) >= 11 is 0. The van der Waals surface area contributed by atoms with Crippen LogP contribution in [0.15, 0.2) is 109 Å². The number of hydrogen-bond acceptors (Lipinski definition) is 2. The molecule has 2 heteroatoms. The zero-order valence-electron chi connectivity index (χ0n) is 18.2. The molecule has 1 N–H and O–H groups in total. The molecule has 0 radical (unpaired) electrons. The number of hydrogen-bond donors (Lipinski definition) is 1. The van der Waals surface area contributed by atoms with E-state index in [1.54, 1.807) is 0 Å².